The van der Waals surface area contributed by atoms with Crippen LogP contribution in [0.4, 0.5) is 4.79 Å². The molecule has 0 atom stereocenters. The zero-order valence-corrected chi connectivity index (χ0v) is 11.7. The van der Waals surface area contributed by atoms with Crippen molar-refractivity contribution in [2.75, 3.05) is 33.9 Å². The highest BCUT2D eigenvalue weighted by molar-refractivity contribution is 5.75. The lowest BCUT2D eigenvalue weighted by Gasteiger charge is -2.31. The number of carbonyl (C=O) groups excluding carboxylic acids is 1. The van der Waals surface area contributed by atoms with Gasteiger partial charge in [0.1, 0.15) is 0 Å². The number of hydrogen-bond donors (Lipinski definition) is 1. The summed E-state index contributed by atoms with van der Waals surface area (Å²) < 4.78 is 4.93. The first-order valence-electron chi connectivity index (χ1n) is 6.12. The van der Waals surface area contributed by atoms with E-state index in [0.717, 1.165) is 6.42 Å². The fourth-order valence-electron chi connectivity index (χ4n) is 1.55. The molecule has 0 saturated carbocycles. The van der Waals surface area contributed by atoms with Gasteiger partial charge in [-0.25, -0.2) is 4.79 Å². The molecule has 0 rings (SSSR count). The quantitative estimate of drug-likeness (QED) is 0.667. The number of carboxylic acids is 1. The summed E-state index contributed by atoms with van der Waals surface area (Å²) in [6.07, 6.45) is 0.736. The molecule has 0 heterocycles. The molecule has 1 N–H and O–H groups in total. The summed E-state index contributed by atoms with van der Waals surface area (Å²) in [4.78, 5) is 25.8. The van der Waals surface area contributed by atoms with E-state index >= 15 is 0 Å². The molecule has 0 aromatic rings. The van der Waals surface area contributed by atoms with Gasteiger partial charge in [0.15, 0.2) is 0 Å². The van der Waals surface area contributed by atoms with E-state index in [0.29, 0.717) is 13.2 Å². The smallest absolute Gasteiger partial charge is 0.319 e. The van der Waals surface area contributed by atoms with Gasteiger partial charge in [-0.1, -0.05) is 0 Å². The van der Waals surface area contributed by atoms with Gasteiger partial charge in [0.25, 0.3) is 0 Å². The maximum atomic E-state index is 12.1. The molecule has 0 spiro atoms. The van der Waals surface area contributed by atoms with E-state index in [4.69, 9.17) is 9.84 Å². The summed E-state index contributed by atoms with van der Waals surface area (Å²) in [6, 6.07) is -0.149. The highest BCUT2D eigenvalue weighted by Crippen LogP contribution is 2.05. The van der Waals surface area contributed by atoms with Crippen LogP contribution in [-0.2, 0) is 9.53 Å². The third-order valence-electron chi connectivity index (χ3n) is 2.60. The normalized spacial score (nSPS) is 10.5. The Bertz CT molecular complexity index is 269. The SMILES string of the molecule is COCCCN(C)C(=O)N(CCC(=O)O)C(C)C. The Balaban J connectivity index is 4.31. The minimum absolute atomic E-state index is 0.0123. The van der Waals surface area contributed by atoms with Gasteiger partial charge in [0.2, 0.25) is 0 Å². The lowest BCUT2D eigenvalue weighted by Crippen LogP contribution is -2.46. The first-order valence-corrected chi connectivity index (χ1v) is 6.12. The fourth-order valence-corrected chi connectivity index (χ4v) is 1.55. The summed E-state index contributed by atoms with van der Waals surface area (Å²) in [7, 11) is 3.34. The Morgan fingerprint density at radius 1 is 1.28 bits per heavy atom. The van der Waals surface area contributed by atoms with Gasteiger partial charge in [0.05, 0.1) is 6.42 Å². The van der Waals surface area contributed by atoms with Gasteiger partial charge in [0, 0.05) is 39.9 Å². The zero-order chi connectivity index (χ0) is 14.1. The van der Waals surface area contributed by atoms with Crippen LogP contribution in [0.25, 0.3) is 0 Å². The zero-order valence-electron chi connectivity index (χ0n) is 11.7. The van der Waals surface area contributed by atoms with Gasteiger partial charge >= 0.3 is 12.0 Å². The van der Waals surface area contributed by atoms with Crippen LogP contribution in [0.5, 0.6) is 0 Å². The number of aliphatic carboxylic acids is 1. The molecule has 106 valence electrons. The van der Waals surface area contributed by atoms with Crippen molar-refractivity contribution in [1.29, 1.82) is 0 Å². The van der Waals surface area contributed by atoms with E-state index in [1.807, 2.05) is 13.8 Å². The number of methoxy groups -OCH3 is 1. The van der Waals surface area contributed by atoms with Gasteiger partial charge in [-0.15, -0.1) is 0 Å². The summed E-state index contributed by atoms with van der Waals surface area (Å²) in [5, 5.41) is 8.67. The summed E-state index contributed by atoms with van der Waals surface area (Å²) >= 11 is 0. The van der Waals surface area contributed by atoms with Crippen LogP contribution in [0.2, 0.25) is 0 Å². The Labute approximate surface area is 109 Å². The van der Waals surface area contributed by atoms with E-state index < -0.39 is 5.97 Å². The molecular formula is C12H24N2O4. The number of hydrogen-bond acceptors (Lipinski definition) is 3. The molecule has 0 bridgehead atoms. The first kappa shape index (κ1) is 16.7. The second-order valence-corrected chi connectivity index (χ2v) is 4.48. The number of carboxylic acid groups (broad SMARTS) is 1. The van der Waals surface area contributed by atoms with E-state index in [1.54, 1.807) is 24.0 Å². The Morgan fingerprint density at radius 3 is 2.33 bits per heavy atom. The third kappa shape index (κ3) is 6.44. The maximum absolute atomic E-state index is 12.1. The highest BCUT2D eigenvalue weighted by atomic mass is 16.5. The standard InChI is InChI=1S/C12H24N2O4/c1-10(2)14(8-6-11(15)16)12(17)13(3)7-5-9-18-4/h10H,5-9H2,1-4H3,(H,15,16). The number of rotatable bonds is 8. The van der Waals surface area contributed by atoms with Crippen LogP contribution < -0.4 is 0 Å². The third-order valence-corrected chi connectivity index (χ3v) is 2.60. The number of ether oxygens (including phenoxy) is 1. The Hall–Kier alpha value is -1.30. The molecular weight excluding hydrogens is 236 g/mol. The molecule has 0 aliphatic heterocycles. The molecule has 0 saturated heterocycles. The molecule has 2 amide bonds. The van der Waals surface area contributed by atoms with Crippen LogP contribution in [-0.4, -0.2) is 66.8 Å². The monoisotopic (exact) mass is 260 g/mol. The van der Waals surface area contributed by atoms with Crippen LogP contribution in [0.15, 0.2) is 0 Å². The maximum Gasteiger partial charge on any atom is 0.319 e. The molecule has 0 unspecified atom stereocenters. The van der Waals surface area contributed by atoms with Crippen LogP contribution in [0.1, 0.15) is 26.7 Å². The van der Waals surface area contributed by atoms with E-state index in [1.165, 1.54) is 0 Å². The van der Waals surface area contributed by atoms with Gasteiger partial charge < -0.3 is 19.6 Å². The van der Waals surface area contributed by atoms with E-state index in [-0.39, 0.29) is 25.0 Å². The molecule has 0 aliphatic carbocycles. The fraction of sp³-hybridized carbons (Fsp3) is 0.833. The average molecular weight is 260 g/mol. The summed E-state index contributed by atoms with van der Waals surface area (Å²) in [5.74, 6) is -0.893. The number of amides is 2. The van der Waals surface area contributed by atoms with Gasteiger partial charge in [-0.3, -0.25) is 4.79 Å². The topological polar surface area (TPSA) is 70.1 Å². The summed E-state index contributed by atoms with van der Waals surface area (Å²) in [5.41, 5.74) is 0. The molecule has 0 aliphatic rings. The second kappa shape index (κ2) is 8.74. The van der Waals surface area contributed by atoms with Gasteiger partial charge in [-0.2, -0.15) is 0 Å². The van der Waals surface area contributed by atoms with Crippen molar-refractivity contribution < 1.29 is 19.4 Å². The van der Waals surface area contributed by atoms with Gasteiger partial charge in [-0.05, 0) is 20.3 Å². The van der Waals surface area contributed by atoms with Crippen molar-refractivity contribution in [3.8, 4) is 0 Å². The average Bonchev–Trinajstić information content (AvgIpc) is 2.28. The Morgan fingerprint density at radius 2 is 1.89 bits per heavy atom. The number of urea groups is 1. The van der Waals surface area contributed by atoms with Crippen molar-refractivity contribution in [2.24, 2.45) is 0 Å². The van der Waals surface area contributed by atoms with Crippen molar-refractivity contribution >= 4 is 12.0 Å². The van der Waals surface area contributed by atoms with Crippen molar-refractivity contribution in [2.45, 2.75) is 32.7 Å². The van der Waals surface area contributed by atoms with E-state index in [9.17, 15) is 9.59 Å². The predicted octanol–water partition coefficient (Wildman–Crippen LogP) is 1.26. The number of nitrogens with zero attached hydrogens (tertiary/aromatic N) is 2. The van der Waals surface area contributed by atoms with Crippen LogP contribution >= 0.6 is 0 Å². The summed E-state index contributed by atoms with van der Waals surface area (Å²) in [6.45, 7) is 5.20. The van der Waals surface area contributed by atoms with E-state index in [2.05, 4.69) is 0 Å². The number of carbonyl (C=O) groups is 2. The predicted molar refractivity (Wildman–Crippen MR) is 68.6 cm³/mol. The van der Waals surface area contributed by atoms with Crippen LogP contribution in [0.3, 0.4) is 0 Å². The molecule has 18 heavy (non-hydrogen) atoms. The van der Waals surface area contributed by atoms with Crippen molar-refractivity contribution in [3.05, 3.63) is 0 Å². The van der Waals surface area contributed by atoms with Crippen molar-refractivity contribution in [1.82, 2.24) is 9.80 Å². The lowest BCUT2D eigenvalue weighted by molar-refractivity contribution is -0.137. The molecule has 0 radical (unpaired) electrons. The largest absolute Gasteiger partial charge is 0.481 e. The van der Waals surface area contributed by atoms with Crippen molar-refractivity contribution in [3.63, 3.8) is 0 Å². The Kier molecular flexibility index (Phi) is 8.11. The second-order valence-electron chi connectivity index (χ2n) is 4.48. The minimum atomic E-state index is -0.893. The molecule has 0 aromatic heterocycles. The molecule has 0 aromatic carbocycles. The van der Waals surface area contributed by atoms with Crippen LogP contribution in [0, 0.1) is 0 Å². The molecule has 6 nitrogen and oxygen atoms in total. The highest BCUT2D eigenvalue weighted by Gasteiger charge is 2.20. The first-order chi connectivity index (χ1) is 8.40. The molecule has 0 fully saturated rings. The molecule has 6 heteroatoms. The lowest BCUT2D eigenvalue weighted by atomic mass is 10.3. The minimum Gasteiger partial charge on any atom is -0.481 e.